The van der Waals surface area contributed by atoms with Crippen molar-refractivity contribution < 1.29 is 19.1 Å². The van der Waals surface area contributed by atoms with Gasteiger partial charge in [-0.15, -0.1) is 0 Å². The minimum absolute atomic E-state index is 0.00231. The molecule has 0 unspecified atom stereocenters. The molecule has 2 aromatic carbocycles. The number of nitrogens with one attached hydrogen (secondary N) is 1. The molecule has 0 spiro atoms. The molecule has 3 rings (SSSR count). The number of likely N-dealkylation sites (tertiary alicyclic amines) is 1. The number of hydrogen-bond donors (Lipinski definition) is 1. The summed E-state index contributed by atoms with van der Waals surface area (Å²) in [6, 6.07) is 14.1. The van der Waals surface area contributed by atoms with Crippen molar-refractivity contribution in [1.82, 2.24) is 10.2 Å². The van der Waals surface area contributed by atoms with Crippen LogP contribution in [0.25, 0.3) is 0 Å². The number of esters is 1. The molecule has 30 heavy (non-hydrogen) atoms. The molecule has 1 heterocycles. The van der Waals surface area contributed by atoms with Gasteiger partial charge < -0.3 is 15.0 Å². The van der Waals surface area contributed by atoms with E-state index in [2.05, 4.69) is 5.32 Å². The molecule has 0 bridgehead atoms. The Balaban J connectivity index is 1.46. The van der Waals surface area contributed by atoms with Crippen molar-refractivity contribution in [2.75, 3.05) is 13.1 Å². The highest BCUT2D eigenvalue weighted by Gasteiger charge is 2.24. The van der Waals surface area contributed by atoms with Crippen LogP contribution >= 0.6 is 11.6 Å². The standard InChI is InChI=1S/C23H25ClN2O4/c1-16(27)30-20-7-4-6-18(15-20)23(29)25-19-11-13-26(14-12-19)22(28)10-9-17-5-2-3-8-21(17)24/h2-8,15,19H,9-14H2,1H3,(H,25,29). The van der Waals surface area contributed by atoms with Gasteiger partial charge in [0.05, 0.1) is 0 Å². The van der Waals surface area contributed by atoms with Crippen LogP contribution in [-0.2, 0) is 16.0 Å². The lowest BCUT2D eigenvalue weighted by molar-refractivity contribution is -0.133. The number of piperidine rings is 1. The third-order valence-electron chi connectivity index (χ3n) is 5.11. The SMILES string of the molecule is CC(=O)Oc1cccc(C(=O)NC2CCN(C(=O)CCc3ccccc3Cl)CC2)c1. The number of amides is 2. The van der Waals surface area contributed by atoms with Crippen LogP contribution in [0.4, 0.5) is 0 Å². The molecule has 0 aliphatic carbocycles. The van der Waals surface area contributed by atoms with Gasteiger partial charge in [0.25, 0.3) is 5.91 Å². The third kappa shape index (κ3) is 6.07. The van der Waals surface area contributed by atoms with E-state index in [0.29, 0.717) is 55.1 Å². The maximum Gasteiger partial charge on any atom is 0.308 e. The normalized spacial score (nSPS) is 14.3. The first-order chi connectivity index (χ1) is 14.4. The average molecular weight is 429 g/mol. The van der Waals surface area contributed by atoms with E-state index in [-0.39, 0.29) is 17.9 Å². The van der Waals surface area contributed by atoms with Crippen LogP contribution in [0, 0.1) is 0 Å². The molecule has 7 heteroatoms. The van der Waals surface area contributed by atoms with E-state index in [9.17, 15) is 14.4 Å². The quantitative estimate of drug-likeness (QED) is 0.563. The van der Waals surface area contributed by atoms with Crippen molar-refractivity contribution in [3.63, 3.8) is 0 Å². The van der Waals surface area contributed by atoms with Crippen molar-refractivity contribution >= 4 is 29.4 Å². The molecule has 6 nitrogen and oxygen atoms in total. The summed E-state index contributed by atoms with van der Waals surface area (Å²) in [5.41, 5.74) is 1.41. The van der Waals surface area contributed by atoms with Crippen molar-refractivity contribution in [2.24, 2.45) is 0 Å². The number of carbonyl (C=O) groups excluding carboxylic acids is 3. The Labute approximate surface area is 181 Å². The van der Waals surface area contributed by atoms with E-state index in [0.717, 1.165) is 5.56 Å². The van der Waals surface area contributed by atoms with E-state index in [4.69, 9.17) is 16.3 Å². The van der Waals surface area contributed by atoms with Crippen LogP contribution in [0.5, 0.6) is 5.75 Å². The molecular formula is C23H25ClN2O4. The monoisotopic (exact) mass is 428 g/mol. The summed E-state index contributed by atoms with van der Waals surface area (Å²) in [5, 5.41) is 3.69. The molecule has 1 N–H and O–H groups in total. The first kappa shape index (κ1) is 21.8. The summed E-state index contributed by atoms with van der Waals surface area (Å²) in [5.74, 6) is -0.200. The number of nitrogens with zero attached hydrogens (tertiary/aromatic N) is 1. The second-order valence-electron chi connectivity index (χ2n) is 7.34. The zero-order chi connectivity index (χ0) is 21.5. The summed E-state index contributed by atoms with van der Waals surface area (Å²) in [6.45, 7) is 2.54. The summed E-state index contributed by atoms with van der Waals surface area (Å²) in [7, 11) is 0. The summed E-state index contributed by atoms with van der Waals surface area (Å²) in [4.78, 5) is 38.0. The molecule has 158 valence electrons. The molecule has 0 saturated carbocycles. The van der Waals surface area contributed by atoms with Crippen LogP contribution in [0.15, 0.2) is 48.5 Å². The van der Waals surface area contributed by atoms with Gasteiger partial charge in [-0.25, -0.2) is 0 Å². The van der Waals surface area contributed by atoms with E-state index in [1.807, 2.05) is 29.2 Å². The van der Waals surface area contributed by atoms with Crippen LogP contribution in [0.1, 0.15) is 42.1 Å². The Kier molecular flexibility index (Phi) is 7.46. The summed E-state index contributed by atoms with van der Waals surface area (Å²) < 4.78 is 5.03. The van der Waals surface area contributed by atoms with Gasteiger partial charge in [-0.1, -0.05) is 35.9 Å². The van der Waals surface area contributed by atoms with Gasteiger partial charge in [0.2, 0.25) is 5.91 Å². The highest BCUT2D eigenvalue weighted by atomic mass is 35.5. The highest BCUT2D eigenvalue weighted by molar-refractivity contribution is 6.31. The highest BCUT2D eigenvalue weighted by Crippen LogP contribution is 2.19. The molecule has 1 fully saturated rings. The number of ether oxygens (including phenoxy) is 1. The molecule has 0 atom stereocenters. The molecule has 0 aromatic heterocycles. The lowest BCUT2D eigenvalue weighted by Crippen LogP contribution is -2.46. The van der Waals surface area contributed by atoms with Crippen molar-refractivity contribution in [3.8, 4) is 5.75 Å². The van der Waals surface area contributed by atoms with E-state index in [1.165, 1.54) is 6.92 Å². The topological polar surface area (TPSA) is 75.7 Å². The van der Waals surface area contributed by atoms with E-state index < -0.39 is 5.97 Å². The molecule has 0 radical (unpaired) electrons. The fraction of sp³-hybridized carbons (Fsp3) is 0.348. The van der Waals surface area contributed by atoms with Crippen molar-refractivity contribution in [2.45, 2.75) is 38.6 Å². The largest absolute Gasteiger partial charge is 0.427 e. The van der Waals surface area contributed by atoms with Crippen LogP contribution in [0.3, 0.4) is 0 Å². The summed E-state index contributed by atoms with van der Waals surface area (Å²) in [6.07, 6.45) is 2.44. The Hall–Kier alpha value is -2.86. The third-order valence-corrected chi connectivity index (χ3v) is 5.48. The van der Waals surface area contributed by atoms with Crippen molar-refractivity contribution in [3.05, 3.63) is 64.7 Å². The van der Waals surface area contributed by atoms with Crippen LogP contribution < -0.4 is 10.1 Å². The molecule has 1 aliphatic heterocycles. The van der Waals surface area contributed by atoms with E-state index in [1.54, 1.807) is 24.3 Å². The predicted molar refractivity (Wildman–Crippen MR) is 115 cm³/mol. The fourth-order valence-corrected chi connectivity index (χ4v) is 3.74. The van der Waals surface area contributed by atoms with Gasteiger partial charge in [-0.05, 0) is 49.1 Å². The molecule has 1 saturated heterocycles. The maximum absolute atomic E-state index is 12.5. The Bertz CT molecular complexity index is 923. The van der Waals surface area contributed by atoms with Gasteiger partial charge in [0.1, 0.15) is 5.75 Å². The molecular weight excluding hydrogens is 404 g/mol. The van der Waals surface area contributed by atoms with Gasteiger partial charge in [-0.3, -0.25) is 14.4 Å². The number of rotatable bonds is 6. The first-order valence-corrected chi connectivity index (χ1v) is 10.4. The minimum Gasteiger partial charge on any atom is -0.427 e. The fourth-order valence-electron chi connectivity index (χ4n) is 3.51. The van der Waals surface area contributed by atoms with Gasteiger partial charge in [-0.2, -0.15) is 0 Å². The zero-order valence-corrected chi connectivity index (χ0v) is 17.7. The zero-order valence-electron chi connectivity index (χ0n) is 16.9. The number of carbonyl (C=O) groups is 3. The van der Waals surface area contributed by atoms with Gasteiger partial charge in [0.15, 0.2) is 0 Å². The second-order valence-corrected chi connectivity index (χ2v) is 7.75. The van der Waals surface area contributed by atoms with Gasteiger partial charge in [0, 0.05) is 43.1 Å². The lowest BCUT2D eigenvalue weighted by atomic mass is 10.0. The number of hydrogen-bond acceptors (Lipinski definition) is 4. The number of aryl methyl sites for hydroxylation is 1. The number of halogens is 1. The minimum atomic E-state index is -0.431. The summed E-state index contributed by atoms with van der Waals surface area (Å²) >= 11 is 6.16. The maximum atomic E-state index is 12.5. The first-order valence-electron chi connectivity index (χ1n) is 10.0. The van der Waals surface area contributed by atoms with E-state index >= 15 is 0 Å². The lowest BCUT2D eigenvalue weighted by Gasteiger charge is -2.32. The second kappa shape index (κ2) is 10.3. The van der Waals surface area contributed by atoms with Crippen LogP contribution in [-0.4, -0.2) is 41.8 Å². The predicted octanol–water partition coefficient (Wildman–Crippen LogP) is 3.62. The average Bonchev–Trinajstić information content (AvgIpc) is 2.73. The Morgan fingerprint density at radius 2 is 1.83 bits per heavy atom. The molecule has 1 aliphatic rings. The number of benzene rings is 2. The molecule has 2 amide bonds. The van der Waals surface area contributed by atoms with Crippen LogP contribution in [0.2, 0.25) is 5.02 Å². The van der Waals surface area contributed by atoms with Gasteiger partial charge >= 0.3 is 5.97 Å². The Morgan fingerprint density at radius 1 is 1.10 bits per heavy atom. The smallest absolute Gasteiger partial charge is 0.308 e. The molecule has 2 aromatic rings. The van der Waals surface area contributed by atoms with Crippen molar-refractivity contribution in [1.29, 1.82) is 0 Å². The Morgan fingerprint density at radius 3 is 2.53 bits per heavy atom.